The predicted molar refractivity (Wildman–Crippen MR) is 93.0 cm³/mol. The lowest BCUT2D eigenvalue weighted by molar-refractivity contribution is -0.145. The van der Waals surface area contributed by atoms with Crippen molar-refractivity contribution in [2.24, 2.45) is 11.8 Å². The van der Waals surface area contributed by atoms with E-state index in [1.165, 1.54) is 51.4 Å². The molecule has 0 aromatic carbocycles. The second-order valence-corrected chi connectivity index (χ2v) is 6.39. The molecule has 0 aliphatic rings. The normalized spacial score (nSPS) is 15.9. The molecule has 2 nitrogen and oxygen atoms in total. The molecule has 0 aliphatic heterocycles. The van der Waals surface area contributed by atoms with Gasteiger partial charge in [0.15, 0.2) is 6.29 Å². The Hall–Kier alpha value is 0.210. The molecule has 128 valence electrons. The Morgan fingerprint density at radius 3 is 1.48 bits per heavy atom. The summed E-state index contributed by atoms with van der Waals surface area (Å²) in [6.07, 6.45) is 9.66. The Bertz CT molecular complexity index is 191. The van der Waals surface area contributed by atoms with Crippen LogP contribution >= 0.6 is 11.6 Å². The molecule has 0 saturated carbocycles. The van der Waals surface area contributed by atoms with Gasteiger partial charge < -0.3 is 9.47 Å². The van der Waals surface area contributed by atoms with Crippen molar-refractivity contribution in [1.29, 1.82) is 0 Å². The smallest absolute Gasteiger partial charge is 0.170 e. The minimum Gasteiger partial charge on any atom is -0.351 e. The first-order valence-electron chi connectivity index (χ1n) is 9.00. The van der Waals surface area contributed by atoms with E-state index in [2.05, 4.69) is 27.7 Å². The van der Waals surface area contributed by atoms with E-state index in [-0.39, 0.29) is 6.29 Å². The van der Waals surface area contributed by atoms with E-state index in [0.29, 0.717) is 17.7 Å². The lowest BCUT2D eigenvalue weighted by Crippen LogP contribution is -2.25. The van der Waals surface area contributed by atoms with Crippen LogP contribution in [0.4, 0.5) is 0 Å². The summed E-state index contributed by atoms with van der Waals surface area (Å²) in [5.41, 5.74) is 0. The number of alkyl halides is 1. The summed E-state index contributed by atoms with van der Waals surface area (Å²) in [6.45, 7) is 10.5. The summed E-state index contributed by atoms with van der Waals surface area (Å²) in [7, 11) is 0. The van der Waals surface area contributed by atoms with Gasteiger partial charge in [-0.25, -0.2) is 0 Å². The molecule has 0 radical (unpaired) electrons. The molecule has 21 heavy (non-hydrogen) atoms. The third-order valence-corrected chi connectivity index (χ3v) is 4.50. The van der Waals surface area contributed by atoms with Crippen molar-refractivity contribution in [1.82, 2.24) is 0 Å². The predicted octanol–water partition coefficient (Wildman–Crippen LogP) is 6.02. The van der Waals surface area contributed by atoms with Crippen LogP contribution in [0.3, 0.4) is 0 Å². The number of unbranched alkanes of at least 4 members (excludes halogenated alkanes) is 2. The molecule has 0 aliphatic carbocycles. The van der Waals surface area contributed by atoms with Gasteiger partial charge in [-0.1, -0.05) is 66.2 Å². The van der Waals surface area contributed by atoms with Crippen LogP contribution in [-0.2, 0) is 9.47 Å². The number of rotatable bonds is 15. The third-order valence-electron chi connectivity index (χ3n) is 4.25. The van der Waals surface area contributed by atoms with E-state index in [9.17, 15) is 0 Å². The first-order valence-corrected chi connectivity index (χ1v) is 9.54. The van der Waals surface area contributed by atoms with Crippen LogP contribution in [0, 0.1) is 11.8 Å². The van der Waals surface area contributed by atoms with Crippen molar-refractivity contribution >= 4 is 11.6 Å². The molecule has 0 spiro atoms. The van der Waals surface area contributed by atoms with E-state index < -0.39 is 0 Å². The van der Waals surface area contributed by atoms with Crippen molar-refractivity contribution in [2.75, 3.05) is 19.1 Å². The van der Waals surface area contributed by atoms with Crippen molar-refractivity contribution < 1.29 is 9.47 Å². The topological polar surface area (TPSA) is 18.5 Å². The zero-order valence-electron chi connectivity index (χ0n) is 14.7. The zero-order chi connectivity index (χ0) is 15.9. The summed E-state index contributed by atoms with van der Waals surface area (Å²) < 4.78 is 11.8. The van der Waals surface area contributed by atoms with Crippen LogP contribution in [0.25, 0.3) is 0 Å². The van der Waals surface area contributed by atoms with Gasteiger partial charge in [0.05, 0.1) is 19.1 Å². The van der Waals surface area contributed by atoms with Crippen LogP contribution in [0.5, 0.6) is 0 Å². The number of hydrogen-bond donors (Lipinski definition) is 0. The Balaban J connectivity index is 3.96. The highest BCUT2D eigenvalue weighted by atomic mass is 35.5. The Morgan fingerprint density at radius 2 is 1.19 bits per heavy atom. The van der Waals surface area contributed by atoms with Gasteiger partial charge >= 0.3 is 0 Å². The second-order valence-electron chi connectivity index (χ2n) is 6.08. The monoisotopic (exact) mass is 320 g/mol. The molecule has 2 unspecified atom stereocenters. The molecule has 0 aromatic rings. The molecule has 3 heteroatoms. The van der Waals surface area contributed by atoms with Crippen molar-refractivity contribution in [2.45, 2.75) is 85.4 Å². The average molecular weight is 321 g/mol. The largest absolute Gasteiger partial charge is 0.351 e. The van der Waals surface area contributed by atoms with Gasteiger partial charge in [0.25, 0.3) is 0 Å². The van der Waals surface area contributed by atoms with Gasteiger partial charge in [-0.15, -0.1) is 11.6 Å². The molecule has 0 heterocycles. The standard InChI is InChI=1S/C18H37ClO2/c1-5-9-11-16(7-3)14-20-18(13-19)21-15-17(8-4)12-10-6-2/h16-18H,5-15H2,1-4H3. The number of ether oxygens (including phenoxy) is 2. The summed E-state index contributed by atoms with van der Waals surface area (Å²) in [5, 5.41) is 0. The quantitative estimate of drug-likeness (QED) is 0.271. The van der Waals surface area contributed by atoms with Gasteiger partial charge in [0, 0.05) is 0 Å². The molecular formula is C18H37ClO2. The molecule has 0 rings (SSSR count). The van der Waals surface area contributed by atoms with Crippen LogP contribution in [0.1, 0.15) is 79.1 Å². The summed E-state index contributed by atoms with van der Waals surface area (Å²) in [5.74, 6) is 1.71. The lowest BCUT2D eigenvalue weighted by Gasteiger charge is -2.23. The maximum absolute atomic E-state index is 5.98. The minimum absolute atomic E-state index is 0.238. The molecule has 0 saturated heterocycles. The first kappa shape index (κ1) is 21.2. The fourth-order valence-electron chi connectivity index (χ4n) is 2.42. The minimum atomic E-state index is -0.238. The van der Waals surface area contributed by atoms with E-state index in [0.717, 1.165) is 13.2 Å². The van der Waals surface area contributed by atoms with E-state index in [1.54, 1.807) is 0 Å². The van der Waals surface area contributed by atoms with Gasteiger partial charge in [0.2, 0.25) is 0 Å². The summed E-state index contributed by atoms with van der Waals surface area (Å²) in [4.78, 5) is 0. The van der Waals surface area contributed by atoms with Crippen molar-refractivity contribution in [3.05, 3.63) is 0 Å². The summed E-state index contributed by atoms with van der Waals surface area (Å²) >= 11 is 5.98. The Morgan fingerprint density at radius 1 is 0.762 bits per heavy atom. The Kier molecular flexibility index (Phi) is 15.3. The van der Waals surface area contributed by atoms with Gasteiger partial charge in [-0.05, 0) is 24.7 Å². The number of halogens is 1. The zero-order valence-corrected chi connectivity index (χ0v) is 15.5. The molecule has 0 bridgehead atoms. The van der Waals surface area contributed by atoms with Crippen molar-refractivity contribution in [3.63, 3.8) is 0 Å². The van der Waals surface area contributed by atoms with Crippen LogP contribution in [-0.4, -0.2) is 25.4 Å². The molecule has 0 aromatic heterocycles. The third kappa shape index (κ3) is 11.4. The maximum Gasteiger partial charge on any atom is 0.170 e. The SMILES string of the molecule is CCCCC(CC)COC(CCl)OCC(CC)CCCC. The summed E-state index contributed by atoms with van der Waals surface area (Å²) in [6, 6.07) is 0. The average Bonchev–Trinajstić information content (AvgIpc) is 2.52. The van der Waals surface area contributed by atoms with Crippen LogP contribution < -0.4 is 0 Å². The molecule has 0 amide bonds. The number of hydrogen-bond acceptors (Lipinski definition) is 2. The van der Waals surface area contributed by atoms with E-state index >= 15 is 0 Å². The first-order chi connectivity index (χ1) is 10.2. The van der Waals surface area contributed by atoms with Crippen molar-refractivity contribution in [3.8, 4) is 0 Å². The fraction of sp³-hybridized carbons (Fsp3) is 1.00. The fourth-order valence-corrected chi connectivity index (χ4v) is 2.60. The van der Waals surface area contributed by atoms with Crippen LogP contribution in [0.2, 0.25) is 0 Å². The van der Waals surface area contributed by atoms with Gasteiger partial charge in [-0.3, -0.25) is 0 Å². The second kappa shape index (κ2) is 15.1. The highest BCUT2D eigenvalue weighted by Crippen LogP contribution is 2.17. The molecule has 2 atom stereocenters. The van der Waals surface area contributed by atoms with E-state index in [4.69, 9.17) is 21.1 Å². The Labute approximate surface area is 137 Å². The molecular weight excluding hydrogens is 284 g/mol. The highest BCUT2D eigenvalue weighted by Gasteiger charge is 2.15. The molecule has 0 N–H and O–H groups in total. The van der Waals surface area contributed by atoms with Crippen LogP contribution in [0.15, 0.2) is 0 Å². The molecule has 0 fully saturated rings. The van der Waals surface area contributed by atoms with Gasteiger partial charge in [-0.2, -0.15) is 0 Å². The maximum atomic E-state index is 5.98. The van der Waals surface area contributed by atoms with E-state index in [1.807, 2.05) is 0 Å². The lowest BCUT2D eigenvalue weighted by atomic mass is 10.0. The van der Waals surface area contributed by atoms with Gasteiger partial charge in [0.1, 0.15) is 0 Å². The highest BCUT2D eigenvalue weighted by molar-refractivity contribution is 6.18.